The van der Waals surface area contributed by atoms with E-state index in [2.05, 4.69) is 20.8 Å². The highest BCUT2D eigenvalue weighted by atomic mass is 16.8. The lowest BCUT2D eigenvalue weighted by molar-refractivity contribution is -0.190. The molecular formula is C33H52O7. The topological polar surface area (TPSA) is 94.5 Å². The molecule has 11 atom stereocenters. The summed E-state index contributed by atoms with van der Waals surface area (Å²) in [5.41, 5.74) is -1.58. The van der Waals surface area contributed by atoms with Gasteiger partial charge < -0.3 is 29.2 Å². The van der Waals surface area contributed by atoms with Crippen LogP contribution in [0, 0.1) is 34.5 Å². The standard InChI is InChI=1S/C33H52O7/c1-18(2)22(34)16-27-32(9,40-29(5,6)39-27)26-11-13-33(36)20-14-23(35)21-15-24-25(38-28(3,4)37-24)17-30(21,7)19(20)10-12-31(26,33)8/h14,18-19,21-22,24-27,34,36H,10-13,15-17H2,1-9H3. The van der Waals surface area contributed by atoms with Gasteiger partial charge in [-0.1, -0.05) is 27.7 Å². The zero-order valence-electron chi connectivity index (χ0n) is 26.1. The molecule has 4 aliphatic carbocycles. The number of hydrogen-bond donors (Lipinski definition) is 2. The van der Waals surface area contributed by atoms with Gasteiger partial charge in [-0.2, -0.15) is 0 Å². The van der Waals surface area contributed by atoms with Gasteiger partial charge in [0.1, 0.15) is 0 Å². The molecular weight excluding hydrogens is 508 g/mol. The van der Waals surface area contributed by atoms with Crippen LogP contribution in [-0.4, -0.2) is 63.2 Å². The highest BCUT2D eigenvalue weighted by Crippen LogP contribution is 2.70. The molecule has 2 heterocycles. The summed E-state index contributed by atoms with van der Waals surface area (Å²) >= 11 is 0. The maximum absolute atomic E-state index is 13.8. The molecule has 0 aromatic heterocycles. The minimum atomic E-state index is -1.09. The van der Waals surface area contributed by atoms with Crippen molar-refractivity contribution in [3.63, 3.8) is 0 Å². The summed E-state index contributed by atoms with van der Waals surface area (Å²) in [5.74, 6) is -1.13. The van der Waals surface area contributed by atoms with Crippen LogP contribution in [0.4, 0.5) is 0 Å². The van der Waals surface area contributed by atoms with Gasteiger partial charge in [0.05, 0.1) is 35.6 Å². The summed E-state index contributed by atoms with van der Waals surface area (Å²) in [4.78, 5) is 13.8. The third-order valence-corrected chi connectivity index (χ3v) is 12.4. The number of ether oxygens (including phenoxy) is 4. The van der Waals surface area contributed by atoms with Crippen LogP contribution < -0.4 is 0 Å². The Morgan fingerprint density at radius 2 is 1.60 bits per heavy atom. The Balaban J connectivity index is 1.34. The van der Waals surface area contributed by atoms with Gasteiger partial charge in [0, 0.05) is 17.8 Å². The third kappa shape index (κ3) is 4.01. The molecule has 11 unspecified atom stereocenters. The Morgan fingerprint density at radius 1 is 0.925 bits per heavy atom. The van der Waals surface area contributed by atoms with Crippen molar-refractivity contribution < 1.29 is 34.0 Å². The largest absolute Gasteiger partial charge is 0.393 e. The molecule has 0 aromatic rings. The molecule has 0 radical (unpaired) electrons. The molecule has 0 spiro atoms. The molecule has 0 bridgehead atoms. The van der Waals surface area contributed by atoms with Crippen molar-refractivity contribution in [2.75, 3.05) is 0 Å². The molecule has 7 heteroatoms. The molecule has 6 aliphatic rings. The van der Waals surface area contributed by atoms with E-state index in [-0.39, 0.29) is 53.2 Å². The zero-order chi connectivity index (χ0) is 29.3. The average Bonchev–Trinajstić information content (AvgIpc) is 3.36. The van der Waals surface area contributed by atoms with Crippen LogP contribution in [0.3, 0.4) is 0 Å². The summed E-state index contributed by atoms with van der Waals surface area (Å²) in [5, 5.41) is 23.6. The molecule has 2 aliphatic heterocycles. The molecule has 3 saturated carbocycles. The maximum Gasteiger partial charge on any atom is 0.164 e. The molecule has 2 N–H and O–H groups in total. The van der Waals surface area contributed by atoms with Crippen molar-refractivity contribution in [2.24, 2.45) is 34.5 Å². The molecule has 40 heavy (non-hydrogen) atoms. The first-order valence-corrected chi connectivity index (χ1v) is 15.8. The van der Waals surface area contributed by atoms with Gasteiger partial charge >= 0.3 is 0 Å². The van der Waals surface area contributed by atoms with Gasteiger partial charge in [0.15, 0.2) is 17.4 Å². The second-order valence-corrected chi connectivity index (χ2v) is 16.0. The molecule has 0 aromatic carbocycles. The van der Waals surface area contributed by atoms with Crippen molar-refractivity contribution in [2.45, 2.75) is 154 Å². The second-order valence-electron chi connectivity index (χ2n) is 16.0. The van der Waals surface area contributed by atoms with Gasteiger partial charge in [-0.05, 0) is 108 Å². The number of aliphatic hydroxyl groups excluding tert-OH is 1. The molecule has 226 valence electrons. The smallest absolute Gasteiger partial charge is 0.164 e. The normalized spacial score (nSPS) is 51.6. The Labute approximate surface area is 240 Å². The summed E-state index contributed by atoms with van der Waals surface area (Å²) in [6.45, 7) is 18.5. The van der Waals surface area contributed by atoms with E-state index in [0.717, 1.165) is 31.3 Å². The fourth-order valence-corrected chi connectivity index (χ4v) is 10.4. The molecule has 6 rings (SSSR count). The van der Waals surface area contributed by atoms with Gasteiger partial charge in [0.25, 0.3) is 0 Å². The fourth-order valence-electron chi connectivity index (χ4n) is 10.4. The predicted molar refractivity (Wildman–Crippen MR) is 150 cm³/mol. The second kappa shape index (κ2) is 8.86. The van der Waals surface area contributed by atoms with Crippen molar-refractivity contribution in [1.29, 1.82) is 0 Å². The van der Waals surface area contributed by atoms with Gasteiger partial charge in [0.2, 0.25) is 0 Å². The summed E-state index contributed by atoms with van der Waals surface area (Å²) < 4.78 is 25.7. The Morgan fingerprint density at radius 3 is 2.27 bits per heavy atom. The number of rotatable bonds is 4. The SMILES string of the molecule is CC(C)C(O)CC1OC(C)(C)OC1(C)C1CCC2(O)C3=CC(=O)C4CC5OC(C)(C)OC5CC4(C)C3CCC12C. The van der Waals surface area contributed by atoms with E-state index in [9.17, 15) is 15.0 Å². The molecule has 2 saturated heterocycles. The van der Waals surface area contributed by atoms with E-state index in [1.54, 1.807) is 0 Å². The van der Waals surface area contributed by atoms with E-state index in [4.69, 9.17) is 18.9 Å². The number of aliphatic hydroxyl groups is 2. The van der Waals surface area contributed by atoms with Crippen molar-refractivity contribution in [3.05, 3.63) is 11.6 Å². The van der Waals surface area contributed by atoms with Crippen LogP contribution in [-0.2, 0) is 23.7 Å². The predicted octanol–water partition coefficient (Wildman–Crippen LogP) is 5.31. The zero-order valence-corrected chi connectivity index (χ0v) is 26.1. The van der Waals surface area contributed by atoms with Crippen LogP contribution >= 0.6 is 0 Å². The van der Waals surface area contributed by atoms with E-state index < -0.39 is 34.3 Å². The number of allylic oxidation sites excluding steroid dienone is 1. The number of carbonyl (C=O) groups is 1. The number of ketones is 1. The Bertz CT molecular complexity index is 1100. The summed E-state index contributed by atoms with van der Waals surface area (Å²) in [6.07, 6.45) is 6.06. The van der Waals surface area contributed by atoms with Crippen LogP contribution in [0.5, 0.6) is 0 Å². The first kappa shape index (κ1) is 29.3. The number of carbonyl (C=O) groups excluding carboxylic acids is 1. The van der Waals surface area contributed by atoms with Crippen LogP contribution in [0.15, 0.2) is 11.6 Å². The van der Waals surface area contributed by atoms with Crippen molar-refractivity contribution in [3.8, 4) is 0 Å². The van der Waals surface area contributed by atoms with Crippen molar-refractivity contribution >= 4 is 5.78 Å². The van der Waals surface area contributed by atoms with Gasteiger partial charge in [-0.25, -0.2) is 0 Å². The van der Waals surface area contributed by atoms with Crippen LogP contribution in [0.25, 0.3) is 0 Å². The lowest BCUT2D eigenvalue weighted by Gasteiger charge is -2.60. The van der Waals surface area contributed by atoms with Crippen molar-refractivity contribution in [1.82, 2.24) is 0 Å². The fraction of sp³-hybridized carbons (Fsp3) is 0.909. The monoisotopic (exact) mass is 560 g/mol. The number of fused-ring (bicyclic) bond motifs is 6. The summed E-state index contributed by atoms with van der Waals surface area (Å²) in [7, 11) is 0. The third-order valence-electron chi connectivity index (χ3n) is 12.4. The average molecular weight is 561 g/mol. The van der Waals surface area contributed by atoms with E-state index >= 15 is 0 Å². The Hall–Kier alpha value is -0.830. The maximum atomic E-state index is 13.8. The first-order chi connectivity index (χ1) is 18.4. The Kier molecular flexibility index (Phi) is 6.48. The van der Waals surface area contributed by atoms with Crippen LogP contribution in [0.2, 0.25) is 0 Å². The molecule has 5 fully saturated rings. The molecule has 7 nitrogen and oxygen atoms in total. The lowest BCUT2D eigenvalue weighted by atomic mass is 9.45. The minimum Gasteiger partial charge on any atom is -0.393 e. The molecule has 0 amide bonds. The van der Waals surface area contributed by atoms with Crippen LogP contribution in [0.1, 0.15) is 107 Å². The summed E-state index contributed by atoms with van der Waals surface area (Å²) in [6, 6.07) is 0. The highest BCUT2D eigenvalue weighted by molar-refractivity contribution is 5.95. The number of hydrogen-bond acceptors (Lipinski definition) is 7. The van der Waals surface area contributed by atoms with E-state index in [1.807, 2.05) is 47.6 Å². The lowest BCUT2D eigenvalue weighted by Crippen LogP contribution is -2.62. The van der Waals surface area contributed by atoms with E-state index in [1.165, 1.54) is 0 Å². The quantitative estimate of drug-likeness (QED) is 0.481. The highest BCUT2D eigenvalue weighted by Gasteiger charge is 2.71. The van der Waals surface area contributed by atoms with Gasteiger partial charge in [-0.15, -0.1) is 0 Å². The van der Waals surface area contributed by atoms with E-state index in [0.29, 0.717) is 19.3 Å². The minimum absolute atomic E-state index is 0.0155. The first-order valence-electron chi connectivity index (χ1n) is 15.8. The van der Waals surface area contributed by atoms with Gasteiger partial charge in [-0.3, -0.25) is 4.79 Å².